The predicted molar refractivity (Wildman–Crippen MR) is 91.1 cm³/mol. The molecule has 0 fully saturated rings. The lowest BCUT2D eigenvalue weighted by atomic mass is 9.75. The van der Waals surface area contributed by atoms with Crippen molar-refractivity contribution in [1.29, 1.82) is 0 Å². The van der Waals surface area contributed by atoms with Gasteiger partial charge >= 0.3 is 0 Å². The van der Waals surface area contributed by atoms with Crippen molar-refractivity contribution in [2.45, 2.75) is 66.4 Å². The van der Waals surface area contributed by atoms with Crippen LogP contribution in [-0.2, 0) is 0 Å². The molecule has 5 atom stereocenters. The van der Waals surface area contributed by atoms with Crippen molar-refractivity contribution in [3.8, 4) is 0 Å². The van der Waals surface area contributed by atoms with Gasteiger partial charge in [0.05, 0.1) is 6.10 Å². The van der Waals surface area contributed by atoms with Gasteiger partial charge in [0.2, 0.25) is 0 Å². The van der Waals surface area contributed by atoms with Crippen LogP contribution in [0.2, 0.25) is 0 Å². The molecule has 2 rings (SSSR count). The molecule has 0 heterocycles. The van der Waals surface area contributed by atoms with Crippen molar-refractivity contribution < 1.29 is 5.11 Å². The number of hydrogen-bond donors (Lipinski definition) is 1. The molecule has 1 nitrogen and oxygen atoms in total. The van der Waals surface area contributed by atoms with E-state index in [1.54, 1.807) is 0 Å². The topological polar surface area (TPSA) is 20.2 Å². The molecule has 1 heteroatoms. The van der Waals surface area contributed by atoms with Crippen LogP contribution in [0.25, 0.3) is 0 Å². The molecule has 0 aliphatic heterocycles. The Bertz CT molecular complexity index is 450. The van der Waals surface area contributed by atoms with E-state index in [9.17, 15) is 5.11 Å². The first-order valence-corrected chi connectivity index (χ1v) is 8.56. The summed E-state index contributed by atoms with van der Waals surface area (Å²) in [6, 6.07) is 0. The number of rotatable bonds is 4. The third-order valence-electron chi connectivity index (χ3n) is 5.66. The van der Waals surface area contributed by atoms with Gasteiger partial charge < -0.3 is 5.11 Å². The van der Waals surface area contributed by atoms with E-state index in [1.807, 2.05) is 0 Å². The molecule has 0 radical (unpaired) electrons. The third-order valence-corrected chi connectivity index (χ3v) is 5.66. The predicted octanol–water partition coefficient (Wildman–Crippen LogP) is 5.28. The zero-order chi connectivity index (χ0) is 15.6. The van der Waals surface area contributed by atoms with Crippen LogP contribution in [0.1, 0.15) is 60.3 Å². The van der Waals surface area contributed by atoms with Crippen molar-refractivity contribution >= 4 is 0 Å². The fourth-order valence-corrected chi connectivity index (χ4v) is 4.19. The molecular formula is C20H32O. The van der Waals surface area contributed by atoms with Gasteiger partial charge in [0.15, 0.2) is 0 Å². The lowest BCUT2D eigenvalue weighted by molar-refractivity contribution is 0.0310. The largest absolute Gasteiger partial charge is 0.392 e. The summed E-state index contributed by atoms with van der Waals surface area (Å²) in [6.07, 6.45) is 11.4. The molecule has 1 unspecified atom stereocenters. The van der Waals surface area contributed by atoms with Gasteiger partial charge in [-0.2, -0.15) is 0 Å². The average molecular weight is 288 g/mol. The van der Waals surface area contributed by atoms with Crippen LogP contribution in [0.15, 0.2) is 34.9 Å². The molecule has 0 aromatic heterocycles. The van der Waals surface area contributed by atoms with E-state index in [1.165, 1.54) is 23.1 Å². The molecule has 2 aliphatic rings. The van der Waals surface area contributed by atoms with Gasteiger partial charge in [0.25, 0.3) is 0 Å². The Labute approximate surface area is 130 Å². The minimum atomic E-state index is -0.177. The normalized spacial score (nSPS) is 33.6. The number of aliphatic hydroxyl groups is 1. The van der Waals surface area contributed by atoms with Crippen LogP contribution < -0.4 is 0 Å². The Balaban J connectivity index is 2.09. The lowest BCUT2D eigenvalue weighted by Crippen LogP contribution is -2.34. The van der Waals surface area contributed by atoms with E-state index < -0.39 is 0 Å². The van der Waals surface area contributed by atoms with E-state index in [-0.39, 0.29) is 6.10 Å². The van der Waals surface area contributed by atoms with E-state index >= 15 is 0 Å². The molecule has 0 aromatic rings. The molecule has 2 aliphatic carbocycles. The van der Waals surface area contributed by atoms with E-state index in [2.05, 4.69) is 52.8 Å². The van der Waals surface area contributed by atoms with E-state index in [0.717, 1.165) is 19.3 Å². The number of allylic oxidation sites excluding steroid dienone is 5. The Morgan fingerprint density at radius 1 is 1.24 bits per heavy atom. The minimum absolute atomic E-state index is 0.177. The Kier molecular flexibility index (Phi) is 5.48. The summed E-state index contributed by atoms with van der Waals surface area (Å²) in [4.78, 5) is 0. The fraction of sp³-hybridized carbons (Fsp3) is 0.700. The molecule has 0 bridgehead atoms. The molecule has 118 valence electrons. The van der Waals surface area contributed by atoms with Crippen molar-refractivity contribution in [2.24, 2.45) is 23.7 Å². The first-order chi connectivity index (χ1) is 9.91. The Hall–Kier alpha value is -0.820. The van der Waals surface area contributed by atoms with Gasteiger partial charge in [0.1, 0.15) is 0 Å². The summed E-state index contributed by atoms with van der Waals surface area (Å²) in [5, 5.41) is 11.0. The summed E-state index contributed by atoms with van der Waals surface area (Å²) in [5.41, 5.74) is 4.30. The summed E-state index contributed by atoms with van der Waals surface area (Å²) in [5.74, 6) is 1.89. The second kappa shape index (κ2) is 6.96. The Morgan fingerprint density at radius 3 is 2.57 bits per heavy atom. The molecule has 0 amide bonds. The fourth-order valence-electron chi connectivity index (χ4n) is 4.19. The SMILES string of the molecule is CC(C)=CCCC(C)[C@@H]1CC=C(C)[C@@H]2CC=C(C)[C@H]2[C@@H]1O. The average Bonchev–Trinajstić information content (AvgIpc) is 2.74. The van der Waals surface area contributed by atoms with Crippen LogP contribution >= 0.6 is 0 Å². The second-order valence-corrected chi connectivity index (χ2v) is 7.49. The van der Waals surface area contributed by atoms with Crippen molar-refractivity contribution in [2.75, 3.05) is 0 Å². The zero-order valence-electron chi connectivity index (χ0n) is 14.4. The highest BCUT2D eigenvalue weighted by Crippen LogP contribution is 2.45. The summed E-state index contributed by atoms with van der Waals surface area (Å²) in [6.45, 7) is 11.1. The van der Waals surface area contributed by atoms with Crippen LogP contribution in [0, 0.1) is 23.7 Å². The first kappa shape index (κ1) is 16.5. The molecular weight excluding hydrogens is 256 g/mol. The molecule has 21 heavy (non-hydrogen) atoms. The van der Waals surface area contributed by atoms with Crippen molar-refractivity contribution in [3.63, 3.8) is 0 Å². The maximum absolute atomic E-state index is 11.0. The first-order valence-electron chi connectivity index (χ1n) is 8.56. The molecule has 1 N–H and O–H groups in total. The van der Waals surface area contributed by atoms with Crippen LogP contribution in [0.3, 0.4) is 0 Å². The van der Waals surface area contributed by atoms with Gasteiger partial charge in [-0.1, -0.05) is 41.9 Å². The standard InChI is InChI=1S/C20H32O/c1-13(2)7-6-8-14(3)18-12-9-15(4)17-11-10-16(5)19(17)20(18)21/h7,9-10,14,17-21H,6,8,11-12H2,1-5H3/t14?,17-,18-,19+,20+/m0/s1. The lowest BCUT2D eigenvalue weighted by Gasteiger charge is -2.33. The van der Waals surface area contributed by atoms with Crippen LogP contribution in [0.5, 0.6) is 0 Å². The van der Waals surface area contributed by atoms with Crippen LogP contribution in [-0.4, -0.2) is 11.2 Å². The Morgan fingerprint density at radius 2 is 1.90 bits per heavy atom. The van der Waals surface area contributed by atoms with Gasteiger partial charge in [-0.25, -0.2) is 0 Å². The summed E-state index contributed by atoms with van der Waals surface area (Å²) < 4.78 is 0. The molecule has 0 spiro atoms. The summed E-state index contributed by atoms with van der Waals surface area (Å²) >= 11 is 0. The number of hydrogen-bond acceptors (Lipinski definition) is 1. The van der Waals surface area contributed by atoms with Crippen molar-refractivity contribution in [1.82, 2.24) is 0 Å². The maximum atomic E-state index is 11.0. The highest BCUT2D eigenvalue weighted by molar-refractivity contribution is 5.25. The van der Waals surface area contributed by atoms with Crippen molar-refractivity contribution in [3.05, 3.63) is 34.9 Å². The van der Waals surface area contributed by atoms with E-state index in [0.29, 0.717) is 23.7 Å². The summed E-state index contributed by atoms with van der Waals surface area (Å²) in [7, 11) is 0. The second-order valence-electron chi connectivity index (χ2n) is 7.49. The molecule has 0 saturated heterocycles. The number of fused-ring (bicyclic) bond motifs is 1. The highest BCUT2D eigenvalue weighted by Gasteiger charge is 2.40. The maximum Gasteiger partial charge on any atom is 0.0644 e. The van der Waals surface area contributed by atoms with Crippen LogP contribution in [0.4, 0.5) is 0 Å². The monoisotopic (exact) mass is 288 g/mol. The van der Waals surface area contributed by atoms with Gasteiger partial charge in [-0.15, -0.1) is 0 Å². The molecule has 0 saturated carbocycles. The smallest absolute Gasteiger partial charge is 0.0644 e. The third kappa shape index (κ3) is 3.69. The van der Waals surface area contributed by atoms with Gasteiger partial charge in [0, 0.05) is 5.92 Å². The molecule has 0 aromatic carbocycles. The minimum Gasteiger partial charge on any atom is -0.392 e. The van der Waals surface area contributed by atoms with Gasteiger partial charge in [-0.3, -0.25) is 0 Å². The zero-order valence-corrected chi connectivity index (χ0v) is 14.4. The van der Waals surface area contributed by atoms with Gasteiger partial charge in [-0.05, 0) is 71.1 Å². The van der Waals surface area contributed by atoms with E-state index in [4.69, 9.17) is 0 Å². The highest BCUT2D eigenvalue weighted by atomic mass is 16.3. The quantitative estimate of drug-likeness (QED) is 0.698. The number of aliphatic hydroxyl groups excluding tert-OH is 1.